The molecule has 0 N–H and O–H groups in total. The number of hydrogen-bond donors (Lipinski definition) is 0. The summed E-state index contributed by atoms with van der Waals surface area (Å²) in [5.41, 5.74) is 4.90. The van der Waals surface area contributed by atoms with Crippen LogP contribution in [0.2, 0.25) is 82.1 Å². The number of hydrogen-bond acceptors (Lipinski definition) is 8. The van der Waals surface area contributed by atoms with Gasteiger partial charge >= 0.3 is 0 Å². The van der Waals surface area contributed by atoms with Gasteiger partial charge in [0.15, 0.2) is 25.2 Å². The standard InChI is InChI=1S/C14H28Si.C14H16Si.C9H20Si.C9H14Si.C8H10.4C6H12O2.5C5H10/c2*1-15(2,13-9-5-3-6-10-13)14-11-7-4-8-12-14;2*1-10(2,3)9-7-5-4-6-8-9;1-2-8-6-4-3-5-7-8;4*1-5(2)3-7-6-4-8-6;5*1-4-5(2)3/h13-14H,3-12H2,1-2H3;3-12H,1-2H3;9H,4-8H2,1-3H3;4-8H,1-3H3;3-7H,2H2,1H3;4*5-6H,3-4H2,1-2H3;5*4-5H,1H2,2-3H3. The van der Waals surface area contributed by atoms with Crippen LogP contribution in [0.4, 0.5) is 0 Å². The first kappa shape index (κ1) is 115. The fourth-order valence-electron chi connectivity index (χ4n) is 11.3. The average molecular weight is 1660 g/mol. The van der Waals surface area contributed by atoms with E-state index in [4.69, 9.17) is 37.9 Å². The van der Waals surface area contributed by atoms with E-state index < -0.39 is 32.3 Å². The van der Waals surface area contributed by atoms with Gasteiger partial charge in [-0.15, -0.1) is 32.9 Å². The monoisotopic (exact) mass is 1660 g/mol. The number of benzene rings is 4. The minimum absolute atomic E-state index is 0.136. The van der Waals surface area contributed by atoms with Gasteiger partial charge in [0, 0.05) is 8.07 Å². The molecule has 7 aliphatic rings. The Morgan fingerprint density at radius 2 is 0.513 bits per heavy atom. The predicted octanol–water partition coefficient (Wildman–Crippen LogP) is 29.2. The molecule has 0 spiro atoms. The molecule has 0 bridgehead atoms. The first-order valence-corrected chi connectivity index (χ1v) is 58.6. The number of allylic oxidation sites excluding steroid dienone is 5. The first-order chi connectivity index (χ1) is 54.1. The highest BCUT2D eigenvalue weighted by atomic mass is 28.3. The summed E-state index contributed by atoms with van der Waals surface area (Å²) in [6.45, 7) is 89.4. The SMILES string of the molecule is C=CC(C)C.C=CC(C)C.C=CC(C)C.C=CC(C)C.C=CC(C)C.CC(C)COC1CO1.CC(C)COC1CO1.CC(C)COC1CO1.CC(C)COC1CO1.CCc1ccccc1.C[Si](C)(C)C1CCCCC1.C[Si](C)(C)c1ccccc1.C[Si](C)(C1CCCCC1)C1CCCCC1.C[Si](C)(c1ccccc1)c1ccccc1. The molecule has 4 aromatic carbocycles. The molecule has 0 radical (unpaired) electrons. The normalized spacial score (nSPS) is 17.9. The van der Waals surface area contributed by atoms with E-state index in [1.165, 1.54) is 103 Å². The zero-order valence-corrected chi connectivity index (χ0v) is 84.4. The second-order valence-electron chi connectivity index (χ2n) is 38.4. The van der Waals surface area contributed by atoms with Crippen LogP contribution in [-0.4, -0.2) is 110 Å². The summed E-state index contributed by atoms with van der Waals surface area (Å²) in [5, 5.41) is 4.53. The molecule has 4 aliphatic heterocycles. The summed E-state index contributed by atoms with van der Waals surface area (Å²) in [4.78, 5) is 0. The molecule has 115 heavy (non-hydrogen) atoms. The highest BCUT2D eigenvalue weighted by Gasteiger charge is 2.40. The van der Waals surface area contributed by atoms with Crippen LogP contribution in [-0.2, 0) is 44.3 Å². The Bertz CT molecular complexity index is 2590. The highest BCUT2D eigenvalue weighted by Crippen LogP contribution is 2.48. The van der Waals surface area contributed by atoms with E-state index in [0.29, 0.717) is 53.3 Å². The van der Waals surface area contributed by atoms with Crippen LogP contribution < -0.4 is 15.6 Å². The Hall–Kier alpha value is -3.87. The topological polar surface area (TPSA) is 87.0 Å². The van der Waals surface area contributed by atoms with E-state index >= 15 is 0 Å². The quantitative estimate of drug-likeness (QED) is 0.0390. The minimum atomic E-state index is -1.46. The van der Waals surface area contributed by atoms with Gasteiger partial charge < -0.3 is 37.9 Å². The predicted molar refractivity (Wildman–Crippen MR) is 524 cm³/mol. The van der Waals surface area contributed by atoms with Gasteiger partial charge in [-0.25, -0.2) is 0 Å². The van der Waals surface area contributed by atoms with Crippen molar-refractivity contribution in [3.8, 4) is 0 Å². The van der Waals surface area contributed by atoms with Gasteiger partial charge in [-0.1, -0.05) is 461 Å². The second kappa shape index (κ2) is 69.7. The fraction of sp³-hybridized carbons (Fsp3) is 0.670. The average Bonchev–Trinajstić information content (AvgIpc) is 1.05. The molecule has 7 fully saturated rings. The summed E-state index contributed by atoms with van der Waals surface area (Å²) >= 11 is 0. The first-order valence-electron chi connectivity index (χ1n) is 45.3. The van der Waals surface area contributed by atoms with Crippen molar-refractivity contribution in [2.75, 3.05) is 52.9 Å². The van der Waals surface area contributed by atoms with Crippen LogP contribution >= 0.6 is 0 Å². The molecule has 12 heteroatoms. The highest BCUT2D eigenvalue weighted by molar-refractivity contribution is 7.00. The van der Waals surface area contributed by atoms with Gasteiger partial charge in [-0.2, -0.15) is 0 Å². The summed E-state index contributed by atoms with van der Waals surface area (Å²) < 4.78 is 40.1. The zero-order valence-electron chi connectivity index (χ0n) is 80.4. The molecule has 4 unspecified atom stereocenters. The summed E-state index contributed by atoms with van der Waals surface area (Å²) in [7, 11) is -4.15. The van der Waals surface area contributed by atoms with Crippen LogP contribution in [0.25, 0.3) is 0 Å². The van der Waals surface area contributed by atoms with Crippen molar-refractivity contribution in [1.29, 1.82) is 0 Å². The van der Waals surface area contributed by atoms with Crippen molar-refractivity contribution in [2.24, 2.45) is 53.3 Å². The molecule has 3 aliphatic carbocycles. The minimum Gasteiger partial charge on any atom is -0.350 e. The van der Waals surface area contributed by atoms with Gasteiger partial charge in [0.2, 0.25) is 0 Å². The molecule has 4 atom stereocenters. The maximum absolute atomic E-state index is 5.19. The van der Waals surface area contributed by atoms with Crippen molar-refractivity contribution >= 4 is 47.9 Å². The Balaban J connectivity index is -0.00000119. The second-order valence-corrected chi connectivity index (χ2v) is 58.7. The molecular weight excluding hydrogens is 1480 g/mol. The van der Waals surface area contributed by atoms with E-state index in [1.54, 1.807) is 25.7 Å². The molecule has 8 nitrogen and oxygen atoms in total. The fourth-order valence-corrected chi connectivity index (χ4v) is 21.4. The molecule has 662 valence electrons. The molecule has 0 aromatic heterocycles. The number of ether oxygens (including phenoxy) is 8. The Morgan fingerprint density at radius 1 is 0.313 bits per heavy atom. The Labute approximate surface area is 718 Å². The maximum Gasteiger partial charge on any atom is 0.181 e. The molecule has 11 rings (SSSR count). The summed E-state index contributed by atoms with van der Waals surface area (Å²) in [5.74, 6) is 5.74. The van der Waals surface area contributed by atoms with E-state index in [9.17, 15) is 0 Å². The van der Waals surface area contributed by atoms with Gasteiger partial charge in [-0.05, 0) is 81.9 Å². The lowest BCUT2D eigenvalue weighted by molar-refractivity contribution is 0.0342. The van der Waals surface area contributed by atoms with Crippen molar-refractivity contribution in [3.05, 3.63) is 190 Å². The lowest BCUT2D eigenvalue weighted by atomic mass is 9.99. The third-order valence-corrected chi connectivity index (χ3v) is 34.1. The van der Waals surface area contributed by atoms with Crippen LogP contribution in [0.3, 0.4) is 0 Å². The molecular formula is C103H186O8Si4. The molecule has 0 amide bonds. The third-order valence-electron chi connectivity index (χ3n) is 20.1. The van der Waals surface area contributed by atoms with Crippen LogP contribution in [0.5, 0.6) is 0 Å². The summed E-state index contributed by atoms with van der Waals surface area (Å²) in [6, 6.07) is 42.9. The van der Waals surface area contributed by atoms with Crippen molar-refractivity contribution in [3.63, 3.8) is 0 Å². The maximum atomic E-state index is 5.19. The molecule has 4 heterocycles. The Morgan fingerprint density at radius 3 is 0.661 bits per heavy atom. The van der Waals surface area contributed by atoms with Crippen LogP contribution in [0.1, 0.15) is 233 Å². The van der Waals surface area contributed by atoms with Gasteiger partial charge in [0.1, 0.15) is 34.5 Å². The molecule has 4 aromatic rings. The zero-order chi connectivity index (χ0) is 87.9. The van der Waals surface area contributed by atoms with E-state index in [0.717, 1.165) is 64.8 Å². The van der Waals surface area contributed by atoms with Crippen molar-refractivity contribution in [2.45, 2.75) is 342 Å². The van der Waals surface area contributed by atoms with E-state index in [-0.39, 0.29) is 25.2 Å². The summed E-state index contributed by atoms with van der Waals surface area (Å²) in [6.07, 6.45) is 34.4. The van der Waals surface area contributed by atoms with Crippen molar-refractivity contribution < 1.29 is 37.9 Å². The van der Waals surface area contributed by atoms with Crippen LogP contribution in [0.15, 0.2) is 185 Å². The lowest BCUT2D eigenvalue weighted by Crippen LogP contribution is -2.52. The number of rotatable bonds is 24. The number of epoxide rings is 4. The van der Waals surface area contributed by atoms with Crippen LogP contribution in [0, 0.1) is 53.3 Å². The van der Waals surface area contributed by atoms with Gasteiger partial charge in [0.25, 0.3) is 0 Å². The van der Waals surface area contributed by atoms with Gasteiger partial charge in [0.05, 0.1) is 42.6 Å². The van der Waals surface area contributed by atoms with Crippen molar-refractivity contribution in [1.82, 2.24) is 0 Å². The lowest BCUT2D eigenvalue weighted by Gasteiger charge is -2.43. The third kappa shape index (κ3) is 73.8. The van der Waals surface area contributed by atoms with E-state index in [2.05, 4.69) is 345 Å². The number of aryl methyl sites for hydroxylation is 1. The molecule has 3 saturated carbocycles. The van der Waals surface area contributed by atoms with Gasteiger partial charge in [-0.3, -0.25) is 0 Å². The Kier molecular flexibility index (Phi) is 69.9. The largest absolute Gasteiger partial charge is 0.350 e. The molecule has 4 saturated heterocycles. The smallest absolute Gasteiger partial charge is 0.181 e. The van der Waals surface area contributed by atoms with E-state index in [1.807, 2.05) is 36.4 Å².